The number of piperidine rings is 1. The van der Waals surface area contributed by atoms with Crippen LogP contribution in [0.4, 0.5) is 5.69 Å². The minimum atomic E-state index is -0.357. The number of nitro groups is 1. The van der Waals surface area contributed by atoms with E-state index in [0.717, 1.165) is 25.1 Å². The first-order valence-corrected chi connectivity index (χ1v) is 6.67. The predicted octanol–water partition coefficient (Wildman–Crippen LogP) is 2.59. The molecule has 0 radical (unpaired) electrons. The Morgan fingerprint density at radius 1 is 1.42 bits per heavy atom. The maximum absolute atomic E-state index is 10.9. The molecule has 1 unspecified atom stereocenters. The summed E-state index contributed by atoms with van der Waals surface area (Å²) in [5, 5.41) is 14.3. The molecule has 0 aromatic heterocycles. The van der Waals surface area contributed by atoms with Gasteiger partial charge in [0.1, 0.15) is 5.75 Å². The zero-order chi connectivity index (χ0) is 13.8. The molecule has 5 nitrogen and oxygen atoms in total. The number of rotatable bonds is 4. The number of nitrogens with one attached hydrogen (secondary N) is 1. The van der Waals surface area contributed by atoms with Crippen molar-refractivity contribution in [2.75, 3.05) is 19.7 Å². The van der Waals surface area contributed by atoms with Gasteiger partial charge in [-0.1, -0.05) is 0 Å². The fourth-order valence-corrected chi connectivity index (χ4v) is 2.45. The number of nitrogens with zero attached hydrogens (tertiary/aromatic N) is 1. The highest BCUT2D eigenvalue weighted by Crippen LogP contribution is 2.28. The second-order valence-corrected chi connectivity index (χ2v) is 5.18. The maximum atomic E-state index is 10.9. The van der Waals surface area contributed by atoms with E-state index in [1.165, 1.54) is 6.42 Å². The molecule has 0 saturated carbocycles. The second-order valence-electron chi connectivity index (χ2n) is 5.18. The monoisotopic (exact) mass is 264 g/mol. The Morgan fingerprint density at radius 2 is 2.21 bits per heavy atom. The van der Waals surface area contributed by atoms with Crippen molar-refractivity contribution in [2.45, 2.75) is 26.7 Å². The second kappa shape index (κ2) is 6.02. The first-order chi connectivity index (χ1) is 9.08. The molecule has 0 aliphatic carbocycles. The Balaban J connectivity index is 2.06. The lowest BCUT2D eigenvalue weighted by Crippen LogP contribution is -2.33. The van der Waals surface area contributed by atoms with Gasteiger partial charge in [-0.05, 0) is 44.9 Å². The van der Waals surface area contributed by atoms with Crippen LogP contribution >= 0.6 is 0 Å². The third kappa shape index (κ3) is 3.44. The number of ether oxygens (including phenoxy) is 1. The van der Waals surface area contributed by atoms with E-state index in [9.17, 15) is 10.1 Å². The molecule has 0 amide bonds. The molecular weight excluding hydrogens is 244 g/mol. The molecule has 0 bridgehead atoms. The van der Waals surface area contributed by atoms with Crippen LogP contribution in [-0.4, -0.2) is 24.6 Å². The zero-order valence-corrected chi connectivity index (χ0v) is 11.4. The summed E-state index contributed by atoms with van der Waals surface area (Å²) >= 11 is 0. The van der Waals surface area contributed by atoms with Crippen LogP contribution < -0.4 is 10.1 Å². The normalized spacial score (nSPS) is 19.2. The first kappa shape index (κ1) is 13.8. The molecule has 1 N–H and O–H groups in total. The van der Waals surface area contributed by atoms with Gasteiger partial charge in [0.05, 0.1) is 17.6 Å². The van der Waals surface area contributed by atoms with Crippen LogP contribution in [0.3, 0.4) is 0 Å². The Hall–Kier alpha value is -1.62. The molecule has 1 aliphatic heterocycles. The van der Waals surface area contributed by atoms with Gasteiger partial charge < -0.3 is 10.1 Å². The molecule has 1 aliphatic rings. The molecule has 1 heterocycles. The van der Waals surface area contributed by atoms with Crippen LogP contribution in [0.1, 0.15) is 24.0 Å². The fraction of sp³-hybridized carbons (Fsp3) is 0.571. The smallest absolute Gasteiger partial charge is 0.276 e. The highest BCUT2D eigenvalue weighted by atomic mass is 16.6. The van der Waals surface area contributed by atoms with E-state index in [1.54, 1.807) is 13.0 Å². The van der Waals surface area contributed by atoms with Gasteiger partial charge in [-0.3, -0.25) is 10.1 Å². The summed E-state index contributed by atoms with van der Waals surface area (Å²) in [5.41, 5.74) is 1.75. The largest absolute Gasteiger partial charge is 0.493 e. The third-order valence-corrected chi connectivity index (χ3v) is 3.56. The van der Waals surface area contributed by atoms with Gasteiger partial charge >= 0.3 is 0 Å². The summed E-state index contributed by atoms with van der Waals surface area (Å²) in [7, 11) is 0. The lowest BCUT2D eigenvalue weighted by Gasteiger charge is -2.23. The highest BCUT2D eigenvalue weighted by molar-refractivity contribution is 5.49. The van der Waals surface area contributed by atoms with Gasteiger partial charge in [0.2, 0.25) is 0 Å². The van der Waals surface area contributed by atoms with Crippen LogP contribution in [0.15, 0.2) is 12.1 Å². The molecule has 0 spiro atoms. The summed E-state index contributed by atoms with van der Waals surface area (Å²) in [6, 6.07) is 3.35. The van der Waals surface area contributed by atoms with E-state index in [-0.39, 0.29) is 10.6 Å². The molecule has 5 heteroatoms. The zero-order valence-electron chi connectivity index (χ0n) is 11.4. The third-order valence-electron chi connectivity index (χ3n) is 3.56. The van der Waals surface area contributed by atoms with E-state index in [2.05, 4.69) is 5.32 Å². The quantitative estimate of drug-likeness (QED) is 0.670. The van der Waals surface area contributed by atoms with Crippen molar-refractivity contribution in [3.05, 3.63) is 33.4 Å². The number of benzene rings is 1. The predicted molar refractivity (Wildman–Crippen MR) is 73.7 cm³/mol. The summed E-state index contributed by atoms with van der Waals surface area (Å²) < 4.78 is 5.78. The molecule has 104 valence electrons. The van der Waals surface area contributed by atoms with Crippen molar-refractivity contribution in [2.24, 2.45) is 5.92 Å². The van der Waals surface area contributed by atoms with E-state index >= 15 is 0 Å². The first-order valence-electron chi connectivity index (χ1n) is 6.67. The maximum Gasteiger partial charge on any atom is 0.276 e. The summed E-state index contributed by atoms with van der Waals surface area (Å²) in [6.07, 6.45) is 2.32. The molecule has 1 aromatic carbocycles. The summed E-state index contributed by atoms with van der Waals surface area (Å²) in [6.45, 7) is 6.33. The van der Waals surface area contributed by atoms with Crippen molar-refractivity contribution >= 4 is 5.69 Å². The van der Waals surface area contributed by atoms with Crippen LogP contribution in [0.25, 0.3) is 0 Å². The number of aryl methyl sites for hydroxylation is 2. The Labute approximate surface area is 113 Å². The van der Waals surface area contributed by atoms with E-state index in [1.807, 2.05) is 13.0 Å². The molecule has 1 atom stereocenters. The van der Waals surface area contributed by atoms with Crippen molar-refractivity contribution in [1.29, 1.82) is 0 Å². The Morgan fingerprint density at radius 3 is 2.84 bits per heavy atom. The van der Waals surface area contributed by atoms with Crippen LogP contribution in [-0.2, 0) is 0 Å². The van der Waals surface area contributed by atoms with Gasteiger partial charge in [0, 0.05) is 18.0 Å². The van der Waals surface area contributed by atoms with Crippen molar-refractivity contribution in [1.82, 2.24) is 5.32 Å². The Bertz CT molecular complexity index is 468. The SMILES string of the molecule is Cc1cc(C)c([N+](=O)[O-])cc1OCC1CCCNC1. The number of hydrogen-bond donors (Lipinski definition) is 1. The van der Waals surface area contributed by atoms with Crippen LogP contribution in [0.5, 0.6) is 5.75 Å². The van der Waals surface area contributed by atoms with E-state index in [0.29, 0.717) is 23.8 Å². The minimum Gasteiger partial charge on any atom is -0.493 e. The molecule has 1 aromatic rings. The molecule has 2 rings (SSSR count). The van der Waals surface area contributed by atoms with Gasteiger partial charge in [0.25, 0.3) is 5.69 Å². The molecule has 19 heavy (non-hydrogen) atoms. The average Bonchev–Trinajstić information content (AvgIpc) is 2.38. The molecule has 1 fully saturated rings. The minimum absolute atomic E-state index is 0.127. The van der Waals surface area contributed by atoms with E-state index in [4.69, 9.17) is 4.74 Å². The average molecular weight is 264 g/mol. The lowest BCUT2D eigenvalue weighted by atomic mass is 10.0. The summed E-state index contributed by atoms with van der Waals surface area (Å²) in [5.74, 6) is 1.12. The number of hydrogen-bond acceptors (Lipinski definition) is 4. The van der Waals surface area contributed by atoms with Gasteiger partial charge in [-0.15, -0.1) is 0 Å². The fourth-order valence-electron chi connectivity index (χ4n) is 2.45. The van der Waals surface area contributed by atoms with Gasteiger partial charge in [0.15, 0.2) is 0 Å². The van der Waals surface area contributed by atoms with Crippen LogP contribution in [0.2, 0.25) is 0 Å². The lowest BCUT2D eigenvalue weighted by molar-refractivity contribution is -0.385. The van der Waals surface area contributed by atoms with Crippen molar-refractivity contribution < 1.29 is 9.66 Å². The summed E-state index contributed by atoms with van der Waals surface area (Å²) in [4.78, 5) is 10.6. The van der Waals surface area contributed by atoms with Gasteiger partial charge in [-0.2, -0.15) is 0 Å². The van der Waals surface area contributed by atoms with Gasteiger partial charge in [-0.25, -0.2) is 0 Å². The number of nitro benzene ring substituents is 1. The van der Waals surface area contributed by atoms with Crippen LogP contribution in [0, 0.1) is 29.9 Å². The topological polar surface area (TPSA) is 64.4 Å². The molecular formula is C14H20N2O3. The van der Waals surface area contributed by atoms with Crippen molar-refractivity contribution in [3.8, 4) is 5.75 Å². The van der Waals surface area contributed by atoms with E-state index < -0.39 is 0 Å². The standard InChI is InChI=1S/C14H20N2O3/c1-10-6-11(2)14(7-13(10)16(17)18)19-9-12-4-3-5-15-8-12/h6-7,12,15H,3-5,8-9H2,1-2H3. The highest BCUT2D eigenvalue weighted by Gasteiger charge is 2.17. The van der Waals surface area contributed by atoms with Crippen molar-refractivity contribution in [3.63, 3.8) is 0 Å². The Kier molecular flexibility index (Phi) is 4.37. The molecule has 1 saturated heterocycles.